The number of imidazole rings is 1. The van der Waals surface area contributed by atoms with E-state index < -0.39 is 21.2 Å². The summed E-state index contributed by atoms with van der Waals surface area (Å²) < 4.78 is 39.8. The predicted octanol–water partition coefficient (Wildman–Crippen LogP) is 3.13. The van der Waals surface area contributed by atoms with Gasteiger partial charge in [-0.15, -0.1) is 0 Å². The Balaban J connectivity index is 2.30. The standard InChI is InChI=1S/C12H12BrFN2O2S2/c1-12(2-3-20(17,18)6-12)16-10-5-8(14)7(13)4-9(10)15-11(16)19/h4-5H,2-3,6H2,1H3,(H,15,19). The SMILES string of the molecule is CC1(n2c(=S)[nH]c3cc(Br)c(F)cc32)CCS(=O)(=O)C1. The molecule has 8 heteroatoms. The van der Waals surface area contributed by atoms with Crippen LogP contribution in [0.5, 0.6) is 0 Å². The molecule has 0 aliphatic carbocycles. The average molecular weight is 379 g/mol. The van der Waals surface area contributed by atoms with Crippen molar-refractivity contribution in [1.82, 2.24) is 9.55 Å². The lowest BCUT2D eigenvalue weighted by Gasteiger charge is -2.25. The van der Waals surface area contributed by atoms with Crippen molar-refractivity contribution in [3.63, 3.8) is 0 Å². The lowest BCUT2D eigenvalue weighted by Crippen LogP contribution is -2.31. The maximum Gasteiger partial charge on any atom is 0.178 e. The Morgan fingerprint density at radius 2 is 2.20 bits per heavy atom. The molecule has 2 heterocycles. The highest BCUT2D eigenvalue weighted by molar-refractivity contribution is 9.10. The summed E-state index contributed by atoms with van der Waals surface area (Å²) in [4.78, 5) is 3.01. The van der Waals surface area contributed by atoms with Gasteiger partial charge in [-0.25, -0.2) is 12.8 Å². The van der Waals surface area contributed by atoms with Gasteiger partial charge in [-0.2, -0.15) is 0 Å². The molecule has 1 unspecified atom stereocenters. The number of benzene rings is 1. The van der Waals surface area contributed by atoms with Gasteiger partial charge >= 0.3 is 0 Å². The predicted molar refractivity (Wildman–Crippen MR) is 81.7 cm³/mol. The summed E-state index contributed by atoms with van der Waals surface area (Å²) in [6, 6.07) is 2.99. The number of nitrogens with one attached hydrogen (secondary N) is 1. The second-order valence-corrected chi connectivity index (χ2v) is 8.81. The summed E-state index contributed by atoms with van der Waals surface area (Å²) in [6.45, 7) is 1.85. The second kappa shape index (κ2) is 4.38. The van der Waals surface area contributed by atoms with Gasteiger partial charge in [0.2, 0.25) is 0 Å². The second-order valence-electron chi connectivity index (χ2n) is 5.39. The highest BCUT2D eigenvalue weighted by Crippen LogP contribution is 2.35. The monoisotopic (exact) mass is 378 g/mol. The normalized spacial score (nSPS) is 25.4. The van der Waals surface area contributed by atoms with E-state index in [9.17, 15) is 12.8 Å². The molecule has 1 aliphatic rings. The van der Waals surface area contributed by atoms with Gasteiger partial charge in [0.1, 0.15) is 5.82 Å². The van der Waals surface area contributed by atoms with Gasteiger partial charge in [0.25, 0.3) is 0 Å². The highest BCUT2D eigenvalue weighted by atomic mass is 79.9. The Labute approximate surface area is 129 Å². The quantitative estimate of drug-likeness (QED) is 0.775. The van der Waals surface area contributed by atoms with E-state index >= 15 is 0 Å². The molecule has 0 bridgehead atoms. The van der Waals surface area contributed by atoms with Crippen molar-refractivity contribution in [1.29, 1.82) is 0 Å². The van der Waals surface area contributed by atoms with Crippen LogP contribution in [0.2, 0.25) is 0 Å². The van der Waals surface area contributed by atoms with Gasteiger partial charge in [-0.1, -0.05) is 0 Å². The van der Waals surface area contributed by atoms with Crippen LogP contribution >= 0.6 is 28.1 Å². The summed E-state index contributed by atoms with van der Waals surface area (Å²) in [6.07, 6.45) is 0.480. The van der Waals surface area contributed by atoms with Crippen molar-refractivity contribution in [2.24, 2.45) is 0 Å². The number of hydrogen-bond acceptors (Lipinski definition) is 3. The number of H-pyrrole nitrogens is 1. The molecule has 4 nitrogen and oxygen atoms in total. The Bertz CT molecular complexity index is 871. The Hall–Kier alpha value is -0.730. The van der Waals surface area contributed by atoms with Crippen molar-refractivity contribution >= 4 is 49.0 Å². The largest absolute Gasteiger partial charge is 0.331 e. The molecule has 108 valence electrons. The first-order valence-corrected chi connectivity index (χ1v) is 9.05. The van der Waals surface area contributed by atoms with Crippen molar-refractivity contribution in [2.45, 2.75) is 18.9 Å². The number of aromatic nitrogens is 2. The molecule has 0 radical (unpaired) electrons. The van der Waals surface area contributed by atoms with Crippen molar-refractivity contribution in [3.05, 3.63) is 27.2 Å². The maximum atomic E-state index is 13.8. The lowest BCUT2D eigenvalue weighted by molar-refractivity contribution is 0.371. The van der Waals surface area contributed by atoms with Gasteiger partial charge in [-0.3, -0.25) is 0 Å². The van der Waals surface area contributed by atoms with Gasteiger partial charge < -0.3 is 9.55 Å². The van der Waals surface area contributed by atoms with E-state index in [4.69, 9.17) is 12.2 Å². The molecule has 1 aromatic carbocycles. The van der Waals surface area contributed by atoms with Crippen LogP contribution in [0, 0.1) is 10.6 Å². The van der Waals surface area contributed by atoms with E-state index in [1.54, 1.807) is 10.6 Å². The smallest absolute Gasteiger partial charge is 0.178 e. The first-order valence-electron chi connectivity index (χ1n) is 6.03. The van der Waals surface area contributed by atoms with Crippen LogP contribution in [0.3, 0.4) is 0 Å². The van der Waals surface area contributed by atoms with Gasteiger partial charge in [0, 0.05) is 6.07 Å². The minimum Gasteiger partial charge on any atom is -0.331 e. The Morgan fingerprint density at radius 3 is 2.80 bits per heavy atom. The molecule has 1 aromatic heterocycles. The fourth-order valence-electron chi connectivity index (χ4n) is 2.81. The molecule has 1 saturated heterocycles. The zero-order valence-corrected chi connectivity index (χ0v) is 13.8. The number of nitrogens with zero attached hydrogens (tertiary/aromatic N) is 1. The summed E-state index contributed by atoms with van der Waals surface area (Å²) in [5.41, 5.74) is 0.651. The number of aromatic amines is 1. The molecule has 1 N–H and O–H groups in total. The van der Waals surface area contributed by atoms with Crippen molar-refractivity contribution < 1.29 is 12.8 Å². The number of rotatable bonds is 1. The summed E-state index contributed by atoms with van der Waals surface area (Å²) >= 11 is 8.43. The number of halogens is 2. The molecule has 0 amide bonds. The first kappa shape index (κ1) is 14.2. The third-order valence-electron chi connectivity index (χ3n) is 3.75. The van der Waals surface area contributed by atoms with Crippen molar-refractivity contribution in [2.75, 3.05) is 11.5 Å². The molecule has 1 fully saturated rings. The average Bonchev–Trinajstić information content (AvgIpc) is 2.77. The first-order chi connectivity index (χ1) is 9.22. The van der Waals surface area contributed by atoms with Crippen LogP contribution in [-0.2, 0) is 15.4 Å². The molecular formula is C12H12BrFN2O2S2. The lowest BCUT2D eigenvalue weighted by atomic mass is 10.0. The highest BCUT2D eigenvalue weighted by Gasteiger charge is 2.41. The number of sulfone groups is 1. The molecule has 1 atom stereocenters. The van der Waals surface area contributed by atoms with E-state index in [1.165, 1.54) is 6.07 Å². The van der Waals surface area contributed by atoms with Gasteiger partial charge in [-0.05, 0) is 47.6 Å². The van der Waals surface area contributed by atoms with Crippen LogP contribution in [0.25, 0.3) is 11.0 Å². The fraction of sp³-hybridized carbons (Fsp3) is 0.417. The van der Waals surface area contributed by atoms with E-state index in [1.807, 2.05) is 6.92 Å². The molecular weight excluding hydrogens is 367 g/mol. The minimum atomic E-state index is -3.07. The van der Waals surface area contributed by atoms with Crippen LogP contribution in [-0.4, -0.2) is 29.5 Å². The summed E-state index contributed by atoms with van der Waals surface area (Å²) in [7, 11) is -3.07. The molecule has 2 aromatic rings. The van der Waals surface area contributed by atoms with Crippen LogP contribution in [0.15, 0.2) is 16.6 Å². The minimum absolute atomic E-state index is 0.0267. The topological polar surface area (TPSA) is 54.9 Å². The summed E-state index contributed by atoms with van der Waals surface area (Å²) in [5.74, 6) is -0.236. The molecule has 3 rings (SSSR count). The van der Waals surface area contributed by atoms with Crippen LogP contribution in [0.4, 0.5) is 4.39 Å². The molecule has 1 aliphatic heterocycles. The van der Waals surface area contributed by atoms with Gasteiger partial charge in [0.05, 0.1) is 32.6 Å². The third-order valence-corrected chi connectivity index (χ3v) is 6.53. The molecule has 0 saturated carbocycles. The van der Waals surface area contributed by atoms with Crippen molar-refractivity contribution in [3.8, 4) is 0 Å². The van der Waals surface area contributed by atoms with E-state index in [-0.39, 0.29) is 11.5 Å². The van der Waals surface area contributed by atoms with E-state index in [2.05, 4.69) is 20.9 Å². The number of fused-ring (bicyclic) bond motifs is 1. The van der Waals surface area contributed by atoms with E-state index in [0.717, 1.165) is 0 Å². The van der Waals surface area contributed by atoms with E-state index in [0.29, 0.717) is 26.7 Å². The Morgan fingerprint density at radius 1 is 1.50 bits per heavy atom. The van der Waals surface area contributed by atoms with Crippen LogP contribution < -0.4 is 0 Å². The molecule has 0 spiro atoms. The summed E-state index contributed by atoms with van der Waals surface area (Å²) in [5, 5.41) is 0. The fourth-order valence-corrected chi connectivity index (χ4v) is 5.70. The Kier molecular flexibility index (Phi) is 3.11. The maximum absolute atomic E-state index is 13.8. The van der Waals surface area contributed by atoms with Gasteiger partial charge in [0.15, 0.2) is 14.6 Å². The zero-order valence-electron chi connectivity index (χ0n) is 10.6. The zero-order chi connectivity index (χ0) is 14.7. The number of hydrogen-bond donors (Lipinski definition) is 1. The van der Waals surface area contributed by atoms with Crippen LogP contribution in [0.1, 0.15) is 13.3 Å². The molecule has 20 heavy (non-hydrogen) atoms. The third kappa shape index (κ3) is 2.14.